The van der Waals surface area contributed by atoms with E-state index < -0.39 is 0 Å². The van der Waals surface area contributed by atoms with Crippen LogP contribution in [0.2, 0.25) is 0 Å². The molecule has 0 unspecified atom stereocenters. The normalized spacial score (nSPS) is 18.0. The Kier molecular flexibility index (Phi) is 4.77. The van der Waals surface area contributed by atoms with E-state index in [4.69, 9.17) is 9.47 Å². The van der Waals surface area contributed by atoms with Gasteiger partial charge in [0.15, 0.2) is 0 Å². The Labute approximate surface area is 170 Å². The van der Waals surface area contributed by atoms with Crippen molar-refractivity contribution < 1.29 is 9.47 Å². The highest BCUT2D eigenvalue weighted by atomic mass is 32.2. The van der Waals surface area contributed by atoms with Gasteiger partial charge < -0.3 is 9.47 Å². The zero-order valence-electron chi connectivity index (χ0n) is 16.1. The highest BCUT2D eigenvalue weighted by Crippen LogP contribution is 2.45. The number of benzene rings is 3. The molecule has 28 heavy (non-hydrogen) atoms. The third kappa shape index (κ3) is 3.40. The fraction of sp³-hybridized carbons (Fsp3) is 0.280. The summed E-state index contributed by atoms with van der Waals surface area (Å²) >= 11 is 1.95. The van der Waals surface area contributed by atoms with Crippen LogP contribution in [0, 0.1) is 0 Å². The maximum atomic E-state index is 6.64. The van der Waals surface area contributed by atoms with Crippen LogP contribution in [0.5, 0.6) is 11.5 Å². The van der Waals surface area contributed by atoms with Crippen molar-refractivity contribution in [3.63, 3.8) is 0 Å². The van der Waals surface area contributed by atoms with Gasteiger partial charge in [-0.1, -0.05) is 48.5 Å². The molecular weight excluding hydrogens is 364 g/mol. The van der Waals surface area contributed by atoms with Gasteiger partial charge in [-0.05, 0) is 65.6 Å². The molecule has 4 bridgehead atoms. The van der Waals surface area contributed by atoms with Gasteiger partial charge in [-0.25, -0.2) is 0 Å². The second-order valence-corrected chi connectivity index (χ2v) is 8.58. The summed E-state index contributed by atoms with van der Waals surface area (Å²) in [6, 6.07) is 22.0. The fourth-order valence-electron chi connectivity index (χ4n) is 4.10. The topological polar surface area (TPSA) is 18.5 Å². The van der Waals surface area contributed by atoms with Gasteiger partial charge in [-0.2, -0.15) is 0 Å². The number of aryl methyl sites for hydroxylation is 4. The molecule has 3 aromatic rings. The van der Waals surface area contributed by atoms with Gasteiger partial charge in [0, 0.05) is 5.75 Å². The van der Waals surface area contributed by atoms with Gasteiger partial charge in [0.05, 0.1) is 12.0 Å². The van der Waals surface area contributed by atoms with E-state index in [9.17, 15) is 0 Å². The van der Waals surface area contributed by atoms with E-state index in [-0.39, 0.29) is 6.10 Å². The summed E-state index contributed by atoms with van der Waals surface area (Å²) in [4.78, 5) is 1.35. The first-order valence-corrected chi connectivity index (χ1v) is 10.9. The van der Waals surface area contributed by atoms with Crippen LogP contribution in [-0.2, 0) is 25.7 Å². The quantitative estimate of drug-likeness (QED) is 0.552. The largest absolute Gasteiger partial charge is 0.497 e. The molecule has 0 N–H and O–H groups in total. The monoisotopic (exact) mass is 388 g/mol. The molecule has 5 aliphatic rings. The Morgan fingerprint density at radius 2 is 1.57 bits per heavy atom. The molecule has 2 nitrogen and oxygen atoms in total. The fourth-order valence-corrected chi connectivity index (χ4v) is 5.34. The molecular formula is C25H24O2S. The minimum absolute atomic E-state index is 0.0628. The zero-order chi connectivity index (χ0) is 18.9. The smallest absolute Gasteiger partial charge is 0.137 e. The van der Waals surface area contributed by atoms with Crippen molar-refractivity contribution in [3.05, 3.63) is 88.5 Å². The van der Waals surface area contributed by atoms with Gasteiger partial charge in [0.2, 0.25) is 0 Å². The number of hydrogen-bond donors (Lipinski definition) is 0. The molecule has 0 radical (unpaired) electrons. The first kappa shape index (κ1) is 17.7. The van der Waals surface area contributed by atoms with Crippen LogP contribution >= 0.6 is 11.8 Å². The summed E-state index contributed by atoms with van der Waals surface area (Å²) in [5, 5.41) is 0. The standard InChI is InChI=1S/C25H24O2S/c1-26-22-4-2-3-21(15-22)23-16-28-25-20-12-10-18-7-5-17(6-8-18)9-11-19(13-14-20)24(25)27-23/h2-8,13-15,23H,9-12,16H2,1H3/t23-/m1/s1. The summed E-state index contributed by atoms with van der Waals surface area (Å²) < 4.78 is 12.0. The van der Waals surface area contributed by atoms with Gasteiger partial charge in [-0.3, -0.25) is 0 Å². The van der Waals surface area contributed by atoms with Gasteiger partial charge in [-0.15, -0.1) is 11.8 Å². The molecule has 4 aliphatic carbocycles. The maximum absolute atomic E-state index is 6.64. The minimum Gasteiger partial charge on any atom is -0.497 e. The lowest BCUT2D eigenvalue weighted by Gasteiger charge is -2.30. The molecule has 3 aromatic carbocycles. The SMILES string of the molecule is COc1cccc([C@H]2CSc3c4ccc(c3O2)CCc2ccc(cc2)CC4)c1. The van der Waals surface area contributed by atoms with Crippen LogP contribution in [-0.4, -0.2) is 12.9 Å². The lowest BCUT2D eigenvalue weighted by molar-refractivity contribution is 0.217. The van der Waals surface area contributed by atoms with Gasteiger partial charge in [0.25, 0.3) is 0 Å². The summed E-state index contributed by atoms with van der Waals surface area (Å²) in [5.74, 6) is 2.93. The van der Waals surface area contributed by atoms with E-state index in [1.165, 1.54) is 32.7 Å². The summed E-state index contributed by atoms with van der Waals surface area (Å²) in [5.41, 5.74) is 6.74. The van der Waals surface area contributed by atoms with E-state index >= 15 is 0 Å². The molecule has 1 heterocycles. The van der Waals surface area contributed by atoms with E-state index in [2.05, 4.69) is 48.5 Å². The molecule has 0 spiro atoms. The predicted molar refractivity (Wildman–Crippen MR) is 115 cm³/mol. The van der Waals surface area contributed by atoms with Crippen molar-refractivity contribution in [3.8, 4) is 11.5 Å². The summed E-state index contributed by atoms with van der Waals surface area (Å²) in [6.45, 7) is 0. The molecule has 8 rings (SSSR count). The van der Waals surface area contributed by atoms with Crippen molar-refractivity contribution in [1.29, 1.82) is 0 Å². The molecule has 0 saturated heterocycles. The van der Waals surface area contributed by atoms with E-state index in [1.807, 2.05) is 23.9 Å². The second kappa shape index (κ2) is 7.56. The molecule has 0 amide bonds. The lowest BCUT2D eigenvalue weighted by Crippen LogP contribution is -2.17. The van der Waals surface area contributed by atoms with Gasteiger partial charge >= 0.3 is 0 Å². The van der Waals surface area contributed by atoms with Crippen molar-refractivity contribution >= 4 is 11.8 Å². The van der Waals surface area contributed by atoms with Crippen molar-refractivity contribution in [2.24, 2.45) is 0 Å². The van der Waals surface area contributed by atoms with Crippen molar-refractivity contribution in [2.75, 3.05) is 12.9 Å². The minimum atomic E-state index is 0.0628. The zero-order valence-corrected chi connectivity index (χ0v) is 16.9. The number of hydrogen-bond acceptors (Lipinski definition) is 3. The Morgan fingerprint density at radius 1 is 0.857 bits per heavy atom. The Morgan fingerprint density at radius 3 is 2.32 bits per heavy atom. The number of methoxy groups -OCH3 is 1. The van der Waals surface area contributed by atoms with E-state index in [1.54, 1.807) is 7.11 Å². The molecule has 1 aliphatic heterocycles. The first-order valence-electron chi connectivity index (χ1n) is 9.96. The number of thioether (sulfide) groups is 1. The van der Waals surface area contributed by atoms with E-state index in [0.29, 0.717) is 0 Å². The highest BCUT2D eigenvalue weighted by molar-refractivity contribution is 7.99. The summed E-state index contributed by atoms with van der Waals surface area (Å²) in [7, 11) is 1.71. The summed E-state index contributed by atoms with van der Waals surface area (Å²) in [6.07, 6.45) is 4.25. The Hall–Kier alpha value is -2.39. The average Bonchev–Trinajstić information content (AvgIpc) is 2.75. The van der Waals surface area contributed by atoms with Crippen molar-refractivity contribution in [2.45, 2.75) is 36.7 Å². The van der Waals surface area contributed by atoms with Crippen LogP contribution in [0.4, 0.5) is 0 Å². The van der Waals surface area contributed by atoms with Crippen LogP contribution in [0.15, 0.2) is 65.6 Å². The second-order valence-electron chi connectivity index (χ2n) is 7.55. The lowest BCUT2D eigenvalue weighted by atomic mass is 9.96. The average molecular weight is 389 g/mol. The van der Waals surface area contributed by atoms with E-state index in [0.717, 1.165) is 42.9 Å². The maximum Gasteiger partial charge on any atom is 0.137 e. The van der Waals surface area contributed by atoms with Crippen LogP contribution in [0.3, 0.4) is 0 Å². The Balaban J connectivity index is 1.50. The molecule has 3 heteroatoms. The molecule has 0 fully saturated rings. The Bertz CT molecular complexity index is 994. The third-order valence-corrected chi connectivity index (χ3v) is 6.97. The van der Waals surface area contributed by atoms with Crippen LogP contribution in [0.25, 0.3) is 0 Å². The third-order valence-electron chi connectivity index (χ3n) is 5.77. The molecule has 1 atom stereocenters. The number of rotatable bonds is 2. The van der Waals surface area contributed by atoms with Crippen LogP contribution < -0.4 is 9.47 Å². The highest BCUT2D eigenvalue weighted by Gasteiger charge is 2.27. The van der Waals surface area contributed by atoms with Crippen molar-refractivity contribution in [1.82, 2.24) is 0 Å². The molecule has 142 valence electrons. The molecule has 0 aromatic heterocycles. The van der Waals surface area contributed by atoms with Crippen LogP contribution in [0.1, 0.15) is 33.9 Å². The predicted octanol–water partition coefficient (Wildman–Crippen LogP) is 5.80. The van der Waals surface area contributed by atoms with Gasteiger partial charge in [0.1, 0.15) is 17.6 Å². The molecule has 0 saturated carbocycles. The first-order chi connectivity index (χ1) is 13.8. The number of ether oxygens (including phenoxy) is 2.